The highest BCUT2D eigenvalue weighted by atomic mass is 32.2. The monoisotopic (exact) mass is 396 g/mol. The molecule has 0 aromatic carbocycles. The predicted octanol–water partition coefficient (Wildman–Crippen LogP) is 2.70. The topological polar surface area (TPSA) is 85.9 Å². The molecule has 0 aromatic rings. The Kier molecular flexibility index (Phi) is 19.2. The number of nitrogens with one attached hydrogen (secondary N) is 2. The number of amides is 2. The molecule has 0 aromatic heterocycles. The van der Waals surface area contributed by atoms with E-state index < -0.39 is 0 Å². The van der Waals surface area contributed by atoms with E-state index >= 15 is 0 Å². The van der Waals surface area contributed by atoms with Crippen LogP contribution in [0.4, 0.5) is 9.59 Å². The zero-order valence-corrected chi connectivity index (χ0v) is 16.8. The van der Waals surface area contributed by atoms with Gasteiger partial charge in [-0.3, -0.25) is 4.79 Å². The van der Waals surface area contributed by atoms with Gasteiger partial charge >= 0.3 is 6.09 Å². The van der Waals surface area contributed by atoms with E-state index in [0.717, 1.165) is 25.7 Å². The van der Waals surface area contributed by atoms with Gasteiger partial charge in [0, 0.05) is 24.6 Å². The summed E-state index contributed by atoms with van der Waals surface area (Å²) in [5.41, 5.74) is 0. The molecule has 0 saturated heterocycles. The average molecular weight is 397 g/mol. The quantitative estimate of drug-likeness (QED) is 0.275. The molecule has 0 saturated carbocycles. The van der Waals surface area contributed by atoms with E-state index in [1.165, 1.54) is 11.8 Å². The van der Waals surface area contributed by atoms with E-state index in [4.69, 9.17) is 14.2 Å². The van der Waals surface area contributed by atoms with Gasteiger partial charge in [-0.05, 0) is 19.8 Å². The third-order valence-corrected chi connectivity index (χ3v) is 3.95. The number of hydrogen-bond donors (Lipinski definition) is 3. The maximum absolute atomic E-state index is 11.6. The van der Waals surface area contributed by atoms with Crippen LogP contribution in [0.25, 0.3) is 0 Å². The lowest BCUT2D eigenvalue weighted by atomic mass is 10.2. The molecule has 0 aliphatic heterocycles. The first-order valence-electron chi connectivity index (χ1n) is 8.78. The first-order valence-corrected chi connectivity index (χ1v) is 10.4. The fourth-order valence-corrected chi connectivity index (χ4v) is 2.52. The molecular weight excluding hydrogens is 364 g/mol. The molecule has 0 fully saturated rings. The molecule has 25 heavy (non-hydrogen) atoms. The van der Waals surface area contributed by atoms with E-state index in [9.17, 15) is 9.59 Å². The molecule has 0 unspecified atom stereocenters. The molecule has 0 atom stereocenters. The van der Waals surface area contributed by atoms with E-state index in [2.05, 4.69) is 23.3 Å². The highest BCUT2D eigenvalue weighted by Gasteiger charge is 2.02. The largest absolute Gasteiger partial charge is 0.450 e. The smallest absolute Gasteiger partial charge is 0.407 e. The lowest BCUT2D eigenvalue weighted by Crippen LogP contribution is -2.25. The zero-order valence-electron chi connectivity index (χ0n) is 15.1. The van der Waals surface area contributed by atoms with Crippen molar-refractivity contribution < 1.29 is 23.8 Å². The standard InChI is InChI=1S/C16H32N2O5S2/c1-2-23-15(19)17-7-5-3-4-6-8-18-16(20)25-14-12-22-10-9-21-11-13-24/h24H,2-14H2,1H3,(H,17,19)(H,18,20). The molecule has 2 N–H and O–H groups in total. The van der Waals surface area contributed by atoms with Crippen LogP contribution in [-0.2, 0) is 14.2 Å². The third-order valence-electron chi connectivity index (χ3n) is 2.99. The van der Waals surface area contributed by atoms with E-state index in [-0.39, 0.29) is 11.3 Å². The van der Waals surface area contributed by atoms with Crippen molar-refractivity contribution in [1.29, 1.82) is 0 Å². The molecule has 0 aliphatic rings. The highest BCUT2D eigenvalue weighted by molar-refractivity contribution is 8.13. The summed E-state index contributed by atoms with van der Waals surface area (Å²) in [5.74, 6) is 1.35. The normalized spacial score (nSPS) is 10.5. The van der Waals surface area contributed by atoms with Gasteiger partial charge in [0.25, 0.3) is 5.24 Å². The number of alkyl carbamates (subject to hydrolysis) is 1. The number of carbonyl (C=O) groups is 2. The molecule has 0 bridgehead atoms. The second-order valence-electron chi connectivity index (χ2n) is 5.07. The van der Waals surface area contributed by atoms with Crippen LogP contribution in [0.5, 0.6) is 0 Å². The van der Waals surface area contributed by atoms with Gasteiger partial charge in [-0.1, -0.05) is 24.6 Å². The van der Waals surface area contributed by atoms with Gasteiger partial charge < -0.3 is 24.8 Å². The summed E-state index contributed by atoms with van der Waals surface area (Å²) in [6, 6.07) is 0. The van der Waals surface area contributed by atoms with Gasteiger partial charge in [0.2, 0.25) is 0 Å². The third kappa shape index (κ3) is 19.5. The Morgan fingerprint density at radius 1 is 0.920 bits per heavy atom. The van der Waals surface area contributed by atoms with Crippen molar-refractivity contribution in [3.8, 4) is 0 Å². The fourth-order valence-electron chi connectivity index (χ4n) is 1.80. The van der Waals surface area contributed by atoms with Crippen LogP contribution >= 0.6 is 24.4 Å². The van der Waals surface area contributed by atoms with Crippen LogP contribution in [0.3, 0.4) is 0 Å². The van der Waals surface area contributed by atoms with Crippen molar-refractivity contribution in [3.05, 3.63) is 0 Å². The van der Waals surface area contributed by atoms with Crippen molar-refractivity contribution >= 4 is 35.7 Å². The summed E-state index contributed by atoms with van der Waals surface area (Å²) in [6.07, 6.45) is 3.52. The fraction of sp³-hybridized carbons (Fsp3) is 0.875. The molecule has 148 valence electrons. The van der Waals surface area contributed by atoms with Crippen molar-refractivity contribution in [1.82, 2.24) is 10.6 Å². The second kappa shape index (κ2) is 19.7. The number of ether oxygens (including phenoxy) is 3. The van der Waals surface area contributed by atoms with Crippen LogP contribution in [0, 0.1) is 0 Å². The summed E-state index contributed by atoms with van der Waals surface area (Å²) in [7, 11) is 0. The molecule has 2 amide bonds. The minimum atomic E-state index is -0.360. The Morgan fingerprint density at radius 2 is 1.56 bits per heavy atom. The van der Waals surface area contributed by atoms with Gasteiger partial charge in [0.15, 0.2) is 0 Å². The van der Waals surface area contributed by atoms with Gasteiger partial charge in [-0.25, -0.2) is 4.79 Å². The Morgan fingerprint density at radius 3 is 2.20 bits per heavy atom. The average Bonchev–Trinajstić information content (AvgIpc) is 2.59. The summed E-state index contributed by atoms with van der Waals surface area (Å²) < 4.78 is 15.3. The summed E-state index contributed by atoms with van der Waals surface area (Å²) in [5, 5.41) is 5.54. The molecule has 7 nitrogen and oxygen atoms in total. The van der Waals surface area contributed by atoms with Crippen molar-refractivity contribution in [2.24, 2.45) is 0 Å². The Labute approximate surface area is 160 Å². The number of unbranched alkanes of at least 4 members (excludes halogenated alkanes) is 3. The lowest BCUT2D eigenvalue weighted by Gasteiger charge is -2.07. The van der Waals surface area contributed by atoms with Crippen LogP contribution in [-0.4, -0.2) is 69.0 Å². The Balaban J connectivity index is 3.21. The first kappa shape index (κ1) is 24.4. The maximum Gasteiger partial charge on any atom is 0.407 e. The summed E-state index contributed by atoms with van der Waals surface area (Å²) in [4.78, 5) is 22.6. The molecular formula is C16H32N2O5S2. The number of hydrogen-bond acceptors (Lipinski definition) is 7. The minimum Gasteiger partial charge on any atom is -0.450 e. The van der Waals surface area contributed by atoms with Gasteiger partial charge in [0.05, 0.1) is 33.0 Å². The number of carbonyl (C=O) groups excluding carboxylic acids is 2. The summed E-state index contributed by atoms with van der Waals surface area (Å²) >= 11 is 5.27. The Bertz CT molecular complexity index is 336. The van der Waals surface area contributed by atoms with Crippen molar-refractivity contribution in [3.63, 3.8) is 0 Å². The molecule has 0 aliphatic carbocycles. The van der Waals surface area contributed by atoms with Crippen LogP contribution in [0.1, 0.15) is 32.6 Å². The number of thioether (sulfide) groups is 1. The SMILES string of the molecule is CCOC(=O)NCCCCCCNC(=O)SCCOCCOCCS. The molecule has 0 rings (SSSR count). The minimum absolute atomic E-state index is 0.0149. The first-order chi connectivity index (χ1) is 12.2. The van der Waals surface area contributed by atoms with Crippen molar-refractivity contribution in [2.75, 3.05) is 57.6 Å². The molecule has 0 heterocycles. The van der Waals surface area contributed by atoms with Crippen LogP contribution in [0.15, 0.2) is 0 Å². The predicted molar refractivity (Wildman–Crippen MR) is 105 cm³/mol. The second-order valence-corrected chi connectivity index (χ2v) is 6.59. The Hall–Kier alpha value is -0.640. The lowest BCUT2D eigenvalue weighted by molar-refractivity contribution is 0.0606. The molecule has 0 spiro atoms. The van der Waals surface area contributed by atoms with Crippen molar-refractivity contribution in [2.45, 2.75) is 32.6 Å². The molecule has 0 radical (unpaired) electrons. The number of thiol groups is 1. The zero-order chi connectivity index (χ0) is 18.6. The van der Waals surface area contributed by atoms with Gasteiger partial charge in [0.1, 0.15) is 0 Å². The van der Waals surface area contributed by atoms with E-state index in [0.29, 0.717) is 57.6 Å². The van der Waals surface area contributed by atoms with Gasteiger partial charge in [-0.2, -0.15) is 12.6 Å². The van der Waals surface area contributed by atoms with E-state index in [1.54, 1.807) is 6.92 Å². The number of rotatable bonds is 16. The van der Waals surface area contributed by atoms with Crippen LogP contribution < -0.4 is 10.6 Å². The summed E-state index contributed by atoms with van der Waals surface area (Å²) in [6.45, 7) is 5.74. The van der Waals surface area contributed by atoms with Gasteiger partial charge in [-0.15, -0.1) is 0 Å². The molecule has 9 heteroatoms. The van der Waals surface area contributed by atoms with Crippen LogP contribution in [0.2, 0.25) is 0 Å². The maximum atomic E-state index is 11.6. The highest BCUT2D eigenvalue weighted by Crippen LogP contribution is 2.02. The van der Waals surface area contributed by atoms with E-state index in [1.807, 2.05) is 0 Å².